The van der Waals surface area contributed by atoms with Crippen LogP contribution in [0.15, 0.2) is 71.5 Å². The molecule has 0 bridgehead atoms. The second-order valence-corrected chi connectivity index (χ2v) is 7.81. The van der Waals surface area contributed by atoms with E-state index in [1.54, 1.807) is 7.05 Å². The Kier molecular flexibility index (Phi) is 4.86. The first-order valence-corrected chi connectivity index (χ1v) is 10.4. The molecule has 0 fully saturated rings. The van der Waals surface area contributed by atoms with Crippen molar-refractivity contribution in [2.45, 2.75) is 20.4 Å². The number of hydrogen-bond acceptors (Lipinski definition) is 5. The average Bonchev–Trinajstić information content (AvgIpc) is 3.23. The molecule has 0 saturated carbocycles. The van der Waals surface area contributed by atoms with Crippen LogP contribution in [0.1, 0.15) is 17.0 Å². The number of fused-ring (bicyclic) bond motifs is 3. The van der Waals surface area contributed by atoms with E-state index in [9.17, 15) is 4.79 Å². The Morgan fingerprint density at radius 1 is 0.906 bits per heavy atom. The maximum Gasteiger partial charge on any atom is 0.262 e. The van der Waals surface area contributed by atoms with Crippen LogP contribution < -0.4 is 15.6 Å². The summed E-state index contributed by atoms with van der Waals surface area (Å²) in [6.07, 6.45) is 0. The standard InChI is InChI=1S/C25H23N5O2/c1-16-9-8-10-17(2)23(16)32-21-14-7-5-12-19(21)26-15-22-27-28-25-29(3)24(31)18-11-4-6-13-20(18)30(22)25/h4-14,26H,15H2,1-3H3. The number of rotatable bonds is 5. The molecule has 0 radical (unpaired) electrons. The Hall–Kier alpha value is -4.13. The van der Waals surface area contributed by atoms with Crippen LogP contribution in [0.4, 0.5) is 5.69 Å². The molecule has 3 aromatic carbocycles. The molecule has 32 heavy (non-hydrogen) atoms. The molecule has 2 heterocycles. The van der Waals surface area contributed by atoms with Gasteiger partial charge in [-0.25, -0.2) is 0 Å². The smallest absolute Gasteiger partial charge is 0.262 e. The topological polar surface area (TPSA) is 73.4 Å². The van der Waals surface area contributed by atoms with Gasteiger partial charge in [0.1, 0.15) is 5.75 Å². The Bertz CT molecular complexity index is 1500. The zero-order chi connectivity index (χ0) is 22.2. The lowest BCUT2D eigenvalue weighted by Gasteiger charge is -2.16. The van der Waals surface area contributed by atoms with E-state index in [2.05, 4.69) is 15.5 Å². The zero-order valence-electron chi connectivity index (χ0n) is 18.2. The molecular formula is C25H23N5O2. The first-order chi connectivity index (χ1) is 15.5. The van der Waals surface area contributed by atoms with Gasteiger partial charge in [0.25, 0.3) is 5.56 Å². The predicted octanol–water partition coefficient (Wildman–Crippen LogP) is 4.60. The number of benzene rings is 3. The van der Waals surface area contributed by atoms with Crippen molar-refractivity contribution in [2.24, 2.45) is 7.05 Å². The van der Waals surface area contributed by atoms with E-state index >= 15 is 0 Å². The van der Waals surface area contributed by atoms with E-state index in [0.29, 0.717) is 23.5 Å². The third-order valence-electron chi connectivity index (χ3n) is 5.64. The number of para-hydroxylation sites is 4. The van der Waals surface area contributed by atoms with Gasteiger partial charge in [-0.3, -0.25) is 13.8 Å². The van der Waals surface area contributed by atoms with Gasteiger partial charge in [0.2, 0.25) is 5.78 Å². The first-order valence-electron chi connectivity index (χ1n) is 10.4. The van der Waals surface area contributed by atoms with Crippen LogP contribution in [-0.2, 0) is 13.6 Å². The minimum atomic E-state index is -0.0904. The number of aromatic nitrogens is 4. The normalized spacial score (nSPS) is 11.2. The van der Waals surface area contributed by atoms with E-state index in [1.165, 1.54) is 4.57 Å². The summed E-state index contributed by atoms with van der Waals surface area (Å²) in [5, 5.41) is 12.7. The van der Waals surface area contributed by atoms with E-state index in [0.717, 1.165) is 33.8 Å². The van der Waals surface area contributed by atoms with Crippen molar-refractivity contribution in [2.75, 3.05) is 5.32 Å². The molecule has 1 N–H and O–H groups in total. The van der Waals surface area contributed by atoms with Crippen LogP contribution in [0.3, 0.4) is 0 Å². The molecule has 2 aromatic heterocycles. The maximum absolute atomic E-state index is 12.7. The molecule has 160 valence electrons. The number of aryl methyl sites for hydroxylation is 3. The van der Waals surface area contributed by atoms with Crippen molar-refractivity contribution < 1.29 is 4.74 Å². The van der Waals surface area contributed by atoms with Gasteiger partial charge >= 0.3 is 0 Å². The van der Waals surface area contributed by atoms with E-state index in [-0.39, 0.29) is 5.56 Å². The van der Waals surface area contributed by atoms with Gasteiger partial charge in [-0.15, -0.1) is 10.2 Å². The van der Waals surface area contributed by atoms with Crippen LogP contribution >= 0.6 is 0 Å². The SMILES string of the molecule is Cc1cccc(C)c1Oc1ccccc1NCc1nnc2n(C)c(=O)c3ccccc3n12. The van der Waals surface area contributed by atoms with Crippen LogP contribution in [0.2, 0.25) is 0 Å². The van der Waals surface area contributed by atoms with Crippen molar-refractivity contribution >= 4 is 22.4 Å². The first kappa shape index (κ1) is 19.8. The summed E-state index contributed by atoms with van der Waals surface area (Å²) in [6, 6.07) is 21.4. The van der Waals surface area contributed by atoms with E-state index in [4.69, 9.17) is 4.74 Å². The predicted molar refractivity (Wildman–Crippen MR) is 125 cm³/mol. The highest BCUT2D eigenvalue weighted by Gasteiger charge is 2.15. The second kappa shape index (κ2) is 7.85. The molecule has 0 amide bonds. The second-order valence-electron chi connectivity index (χ2n) is 7.81. The molecule has 0 spiro atoms. The Morgan fingerprint density at radius 2 is 1.62 bits per heavy atom. The van der Waals surface area contributed by atoms with Gasteiger partial charge < -0.3 is 10.1 Å². The summed E-state index contributed by atoms with van der Waals surface area (Å²) < 4.78 is 9.72. The van der Waals surface area contributed by atoms with Gasteiger partial charge in [-0.1, -0.05) is 42.5 Å². The summed E-state index contributed by atoms with van der Waals surface area (Å²) in [5.41, 5.74) is 3.70. The van der Waals surface area contributed by atoms with Crippen LogP contribution in [0.25, 0.3) is 16.7 Å². The monoisotopic (exact) mass is 425 g/mol. The lowest BCUT2D eigenvalue weighted by Crippen LogP contribution is -2.20. The summed E-state index contributed by atoms with van der Waals surface area (Å²) in [4.78, 5) is 12.7. The third kappa shape index (κ3) is 3.28. The summed E-state index contributed by atoms with van der Waals surface area (Å²) in [5.74, 6) is 2.80. The van der Waals surface area contributed by atoms with Gasteiger partial charge in [-0.2, -0.15) is 0 Å². The molecule has 0 aliphatic rings. The molecular weight excluding hydrogens is 402 g/mol. The lowest BCUT2D eigenvalue weighted by molar-refractivity contribution is 0.476. The Labute approximate surface area is 184 Å². The molecule has 0 aliphatic carbocycles. The highest BCUT2D eigenvalue weighted by atomic mass is 16.5. The van der Waals surface area contributed by atoms with Gasteiger partial charge in [-0.05, 0) is 49.2 Å². The van der Waals surface area contributed by atoms with Crippen molar-refractivity contribution in [1.82, 2.24) is 19.2 Å². The van der Waals surface area contributed by atoms with Gasteiger partial charge in [0.15, 0.2) is 11.6 Å². The number of ether oxygens (including phenoxy) is 1. The van der Waals surface area contributed by atoms with Crippen molar-refractivity contribution in [3.63, 3.8) is 0 Å². The van der Waals surface area contributed by atoms with E-state index < -0.39 is 0 Å². The molecule has 5 rings (SSSR count). The number of hydrogen-bond donors (Lipinski definition) is 1. The fourth-order valence-corrected chi connectivity index (χ4v) is 3.95. The zero-order valence-corrected chi connectivity index (χ0v) is 18.2. The molecule has 0 aliphatic heterocycles. The molecule has 0 unspecified atom stereocenters. The summed E-state index contributed by atoms with van der Waals surface area (Å²) in [7, 11) is 1.71. The molecule has 5 aromatic rings. The quantitative estimate of drug-likeness (QED) is 0.445. The summed E-state index contributed by atoms with van der Waals surface area (Å²) >= 11 is 0. The lowest BCUT2D eigenvalue weighted by atomic mass is 10.1. The molecule has 7 heteroatoms. The highest BCUT2D eigenvalue weighted by Crippen LogP contribution is 2.33. The summed E-state index contributed by atoms with van der Waals surface area (Å²) in [6.45, 7) is 4.49. The third-order valence-corrected chi connectivity index (χ3v) is 5.64. The van der Waals surface area contributed by atoms with Crippen molar-refractivity contribution in [3.8, 4) is 11.5 Å². The molecule has 0 saturated heterocycles. The fraction of sp³-hybridized carbons (Fsp3) is 0.160. The number of nitrogens with zero attached hydrogens (tertiary/aromatic N) is 4. The van der Waals surface area contributed by atoms with Crippen molar-refractivity contribution in [1.29, 1.82) is 0 Å². The molecule has 7 nitrogen and oxygen atoms in total. The van der Waals surface area contributed by atoms with Crippen LogP contribution in [0, 0.1) is 13.8 Å². The number of anilines is 1. The van der Waals surface area contributed by atoms with Gasteiger partial charge in [0, 0.05) is 7.05 Å². The number of nitrogens with one attached hydrogen (secondary N) is 1. The minimum Gasteiger partial charge on any atom is -0.455 e. The van der Waals surface area contributed by atoms with Crippen LogP contribution in [-0.4, -0.2) is 19.2 Å². The maximum atomic E-state index is 12.7. The Balaban J connectivity index is 1.51. The largest absolute Gasteiger partial charge is 0.455 e. The van der Waals surface area contributed by atoms with E-state index in [1.807, 2.05) is 85.0 Å². The minimum absolute atomic E-state index is 0.0904. The fourth-order valence-electron chi connectivity index (χ4n) is 3.95. The van der Waals surface area contributed by atoms with Crippen LogP contribution in [0.5, 0.6) is 11.5 Å². The molecule has 0 atom stereocenters. The van der Waals surface area contributed by atoms with Crippen molar-refractivity contribution in [3.05, 3.63) is 94.0 Å². The Morgan fingerprint density at radius 3 is 2.44 bits per heavy atom. The van der Waals surface area contributed by atoms with Gasteiger partial charge in [0.05, 0.1) is 23.1 Å². The average molecular weight is 425 g/mol. The highest BCUT2D eigenvalue weighted by molar-refractivity contribution is 5.80.